The van der Waals surface area contributed by atoms with Gasteiger partial charge in [0.1, 0.15) is 18.2 Å². The number of aromatic nitrogens is 1. The fourth-order valence-corrected chi connectivity index (χ4v) is 1.34. The molecule has 1 aromatic rings. The van der Waals surface area contributed by atoms with Crippen LogP contribution in [0.5, 0.6) is 0 Å². The predicted molar refractivity (Wildman–Crippen MR) is 62.5 cm³/mol. The number of nitrogens with zero attached hydrogens (tertiary/aromatic N) is 2. The molecule has 0 spiro atoms. The van der Waals surface area contributed by atoms with Crippen LogP contribution in [-0.2, 0) is 16.1 Å². The number of rotatable bonds is 4. The number of carbonyl (C=O) groups excluding carboxylic acids is 1. The molecule has 1 rings (SSSR count). The molecule has 0 aliphatic heterocycles. The molecular weight excluding hydrogens is 216 g/mol. The van der Waals surface area contributed by atoms with E-state index in [4.69, 9.17) is 10.00 Å². The van der Waals surface area contributed by atoms with Crippen molar-refractivity contribution in [1.29, 1.82) is 5.26 Å². The Morgan fingerprint density at radius 2 is 2.35 bits per heavy atom. The Balaban J connectivity index is 2.98. The molecule has 0 radical (unpaired) electrons. The minimum absolute atomic E-state index is 0.0145. The zero-order chi connectivity index (χ0) is 12.7. The summed E-state index contributed by atoms with van der Waals surface area (Å²) in [6, 6.07) is 5.56. The molecule has 17 heavy (non-hydrogen) atoms. The van der Waals surface area contributed by atoms with Crippen LogP contribution < -0.4 is 4.57 Å². The van der Waals surface area contributed by atoms with Gasteiger partial charge in [-0.25, -0.2) is 9.36 Å². The van der Waals surface area contributed by atoms with E-state index < -0.39 is 5.97 Å². The van der Waals surface area contributed by atoms with Gasteiger partial charge in [-0.2, -0.15) is 5.26 Å². The maximum absolute atomic E-state index is 11.4. The lowest BCUT2D eigenvalue weighted by atomic mass is 10.2. The smallest absolute Gasteiger partial charge is 0.348 e. The molecular formula is C13H15N2O2+. The van der Waals surface area contributed by atoms with Gasteiger partial charge in [0.05, 0.1) is 6.61 Å². The monoisotopic (exact) mass is 231 g/mol. The number of esters is 1. The highest BCUT2D eigenvalue weighted by Crippen LogP contribution is 2.05. The van der Waals surface area contributed by atoms with Crippen LogP contribution in [0.1, 0.15) is 19.4 Å². The average molecular weight is 231 g/mol. The average Bonchev–Trinajstić information content (AvgIpc) is 2.36. The number of pyridine rings is 1. The van der Waals surface area contributed by atoms with Crippen LogP contribution >= 0.6 is 0 Å². The van der Waals surface area contributed by atoms with E-state index >= 15 is 0 Å². The molecule has 0 aliphatic rings. The minimum atomic E-state index is -0.582. The summed E-state index contributed by atoms with van der Waals surface area (Å²) < 4.78 is 6.75. The molecule has 0 bridgehead atoms. The topological polar surface area (TPSA) is 54.0 Å². The van der Waals surface area contributed by atoms with Crippen molar-refractivity contribution < 1.29 is 14.1 Å². The summed E-state index contributed by atoms with van der Waals surface area (Å²) in [4.78, 5) is 11.4. The largest absolute Gasteiger partial charge is 0.462 e. The van der Waals surface area contributed by atoms with E-state index in [1.165, 1.54) is 6.08 Å². The van der Waals surface area contributed by atoms with E-state index in [-0.39, 0.29) is 12.2 Å². The van der Waals surface area contributed by atoms with Crippen molar-refractivity contribution in [2.45, 2.75) is 20.4 Å². The normalized spacial score (nSPS) is 10.8. The van der Waals surface area contributed by atoms with Gasteiger partial charge >= 0.3 is 5.97 Å². The second-order valence-corrected chi connectivity index (χ2v) is 3.36. The van der Waals surface area contributed by atoms with Crippen molar-refractivity contribution in [3.05, 3.63) is 35.7 Å². The van der Waals surface area contributed by atoms with Crippen LogP contribution in [0.4, 0.5) is 0 Å². The van der Waals surface area contributed by atoms with Gasteiger partial charge in [0.25, 0.3) is 0 Å². The lowest BCUT2D eigenvalue weighted by Gasteiger charge is -1.99. The van der Waals surface area contributed by atoms with Gasteiger partial charge in [0, 0.05) is 11.6 Å². The number of hydrogen-bond donors (Lipinski definition) is 0. The van der Waals surface area contributed by atoms with E-state index in [1.54, 1.807) is 6.92 Å². The lowest BCUT2D eigenvalue weighted by Crippen LogP contribution is -2.31. The van der Waals surface area contributed by atoms with Gasteiger partial charge in [-0.3, -0.25) is 0 Å². The Kier molecular flexibility index (Phi) is 4.89. The summed E-state index contributed by atoms with van der Waals surface area (Å²) in [5.41, 5.74) is 0.819. The first kappa shape index (κ1) is 12.9. The Bertz CT molecular complexity index is 473. The Labute approximate surface area is 101 Å². The van der Waals surface area contributed by atoms with Crippen molar-refractivity contribution >= 4 is 12.0 Å². The molecule has 1 aromatic heterocycles. The molecule has 4 heteroatoms. The molecule has 0 unspecified atom stereocenters. The summed E-state index contributed by atoms with van der Waals surface area (Å²) in [5.74, 6) is -0.582. The summed E-state index contributed by atoms with van der Waals surface area (Å²) >= 11 is 0. The number of aryl methyl sites for hydroxylation is 1. The summed E-state index contributed by atoms with van der Waals surface area (Å²) in [7, 11) is 0. The second-order valence-electron chi connectivity index (χ2n) is 3.36. The standard InChI is InChI=1S/C13H15N2O2/c1-3-15-7-5-6-11(10-15)8-12(9-14)13(16)17-4-2/h5-8,10H,3-4H2,1-2H3/q+1. The molecule has 88 valence electrons. The maximum atomic E-state index is 11.4. The van der Waals surface area contributed by atoms with Crippen molar-refractivity contribution in [2.75, 3.05) is 6.61 Å². The molecule has 0 saturated carbocycles. The highest BCUT2D eigenvalue weighted by Gasteiger charge is 2.10. The van der Waals surface area contributed by atoms with Crippen LogP contribution in [0.2, 0.25) is 0 Å². The number of ether oxygens (including phenoxy) is 1. The first-order chi connectivity index (χ1) is 8.21. The van der Waals surface area contributed by atoms with Crippen molar-refractivity contribution in [3.8, 4) is 6.07 Å². The third kappa shape index (κ3) is 3.72. The van der Waals surface area contributed by atoms with E-state index in [0.29, 0.717) is 0 Å². The van der Waals surface area contributed by atoms with Crippen molar-refractivity contribution in [3.63, 3.8) is 0 Å². The Morgan fingerprint density at radius 3 is 2.94 bits per heavy atom. The van der Waals surface area contributed by atoms with Gasteiger partial charge in [-0.05, 0) is 26.0 Å². The van der Waals surface area contributed by atoms with Crippen LogP contribution in [0.25, 0.3) is 6.08 Å². The molecule has 0 N–H and O–H groups in total. The lowest BCUT2D eigenvalue weighted by molar-refractivity contribution is -0.693. The molecule has 4 nitrogen and oxygen atoms in total. The molecule has 0 fully saturated rings. The molecule has 1 heterocycles. The summed E-state index contributed by atoms with van der Waals surface area (Å²) in [6.45, 7) is 4.83. The van der Waals surface area contributed by atoms with Crippen LogP contribution in [0.3, 0.4) is 0 Å². The van der Waals surface area contributed by atoms with Crippen LogP contribution in [0, 0.1) is 11.3 Å². The van der Waals surface area contributed by atoms with Gasteiger partial charge in [0.2, 0.25) is 0 Å². The van der Waals surface area contributed by atoms with Gasteiger partial charge < -0.3 is 4.74 Å². The third-order valence-electron chi connectivity index (χ3n) is 2.17. The third-order valence-corrected chi connectivity index (χ3v) is 2.17. The summed E-state index contributed by atoms with van der Waals surface area (Å²) in [5, 5.41) is 8.88. The van der Waals surface area contributed by atoms with Crippen molar-refractivity contribution in [1.82, 2.24) is 0 Å². The van der Waals surface area contributed by atoms with E-state index in [2.05, 4.69) is 0 Å². The molecule has 0 aliphatic carbocycles. The van der Waals surface area contributed by atoms with E-state index in [0.717, 1.165) is 12.1 Å². The highest BCUT2D eigenvalue weighted by atomic mass is 16.5. The molecule has 0 aromatic carbocycles. The molecule has 0 atom stereocenters. The zero-order valence-electron chi connectivity index (χ0n) is 10.0. The SMILES string of the molecule is CCOC(=O)C(C#N)=Cc1ccc[n+](CC)c1. The predicted octanol–water partition coefficient (Wildman–Crippen LogP) is 1.46. The molecule has 0 amide bonds. The number of nitriles is 1. The Hall–Kier alpha value is -2.15. The van der Waals surface area contributed by atoms with Crippen LogP contribution in [0.15, 0.2) is 30.1 Å². The van der Waals surface area contributed by atoms with E-state index in [9.17, 15) is 4.79 Å². The fraction of sp³-hybridized carbons (Fsp3) is 0.308. The second kappa shape index (κ2) is 6.44. The minimum Gasteiger partial charge on any atom is -0.462 e. The van der Waals surface area contributed by atoms with Crippen molar-refractivity contribution in [2.24, 2.45) is 0 Å². The fourth-order valence-electron chi connectivity index (χ4n) is 1.34. The quantitative estimate of drug-likeness (QED) is 0.341. The zero-order valence-corrected chi connectivity index (χ0v) is 10.0. The van der Waals surface area contributed by atoms with Gasteiger partial charge in [-0.1, -0.05) is 0 Å². The first-order valence-electron chi connectivity index (χ1n) is 5.49. The summed E-state index contributed by atoms with van der Waals surface area (Å²) in [6.07, 6.45) is 5.33. The maximum Gasteiger partial charge on any atom is 0.348 e. The van der Waals surface area contributed by atoms with Crippen LogP contribution in [-0.4, -0.2) is 12.6 Å². The highest BCUT2D eigenvalue weighted by molar-refractivity contribution is 5.97. The number of carbonyl (C=O) groups is 1. The Morgan fingerprint density at radius 1 is 1.59 bits per heavy atom. The van der Waals surface area contributed by atoms with Gasteiger partial charge in [-0.15, -0.1) is 0 Å². The number of hydrogen-bond acceptors (Lipinski definition) is 3. The van der Waals surface area contributed by atoms with E-state index in [1.807, 2.05) is 42.1 Å². The molecule has 0 saturated heterocycles. The first-order valence-corrected chi connectivity index (χ1v) is 5.49. The van der Waals surface area contributed by atoms with Gasteiger partial charge in [0.15, 0.2) is 12.4 Å².